The lowest BCUT2D eigenvalue weighted by atomic mass is 9.90. The molecule has 1 aromatic carbocycles. The number of aryl methyl sites for hydroxylation is 2. The van der Waals surface area contributed by atoms with Crippen molar-refractivity contribution in [2.24, 2.45) is 0 Å². The molecule has 0 saturated carbocycles. The Labute approximate surface area is 121 Å². The molecule has 0 aromatic heterocycles. The molecule has 1 saturated heterocycles. The molecular weight excluding hydrogens is 246 g/mol. The monoisotopic (exact) mass is 271 g/mol. The lowest BCUT2D eigenvalue weighted by Crippen LogP contribution is -2.26. The maximum atomic E-state index is 10.9. The zero-order valence-corrected chi connectivity index (χ0v) is 12.3. The Morgan fingerprint density at radius 2 is 1.50 bits per heavy atom. The van der Waals surface area contributed by atoms with Crippen LogP contribution in [0.2, 0.25) is 0 Å². The van der Waals surface area contributed by atoms with Gasteiger partial charge in [0.2, 0.25) is 0 Å². The summed E-state index contributed by atoms with van der Waals surface area (Å²) in [6.45, 7) is 3.20. The van der Waals surface area contributed by atoms with Gasteiger partial charge in [-0.1, -0.05) is 6.07 Å². The van der Waals surface area contributed by atoms with E-state index in [0.29, 0.717) is 0 Å². The molecule has 20 heavy (non-hydrogen) atoms. The highest BCUT2D eigenvalue weighted by molar-refractivity contribution is 5.51. The van der Waals surface area contributed by atoms with Gasteiger partial charge in [0.25, 0.3) is 0 Å². The normalized spacial score (nSPS) is 23.1. The van der Waals surface area contributed by atoms with E-state index in [1.165, 1.54) is 81.1 Å². The van der Waals surface area contributed by atoms with E-state index >= 15 is 0 Å². The highest BCUT2D eigenvalue weighted by Gasteiger charge is 2.28. The fourth-order valence-corrected chi connectivity index (χ4v) is 4.56. The first-order chi connectivity index (χ1) is 9.83. The first-order valence-electron chi connectivity index (χ1n) is 8.40. The Bertz CT molecular complexity index is 484. The minimum atomic E-state index is -0.256. The van der Waals surface area contributed by atoms with Gasteiger partial charge in [-0.15, -0.1) is 0 Å². The number of rotatable bonds is 3. The summed E-state index contributed by atoms with van der Waals surface area (Å²) in [7, 11) is 0. The minimum absolute atomic E-state index is 0.256. The Balaban J connectivity index is 1.69. The van der Waals surface area contributed by atoms with E-state index in [1.54, 1.807) is 11.1 Å². The zero-order valence-electron chi connectivity index (χ0n) is 12.3. The van der Waals surface area contributed by atoms with Gasteiger partial charge in [0.1, 0.15) is 0 Å². The second-order valence-electron chi connectivity index (χ2n) is 6.80. The molecule has 3 aliphatic rings. The van der Waals surface area contributed by atoms with Gasteiger partial charge in [-0.3, -0.25) is 0 Å². The molecule has 1 heterocycles. The van der Waals surface area contributed by atoms with Gasteiger partial charge in [-0.2, -0.15) is 0 Å². The van der Waals surface area contributed by atoms with Crippen molar-refractivity contribution in [1.82, 2.24) is 4.90 Å². The third-order valence-corrected chi connectivity index (χ3v) is 5.48. The summed E-state index contributed by atoms with van der Waals surface area (Å²) in [5, 5.41) is 10.9. The highest BCUT2D eigenvalue weighted by atomic mass is 16.3. The van der Waals surface area contributed by atoms with Gasteiger partial charge in [-0.25, -0.2) is 0 Å². The van der Waals surface area contributed by atoms with Crippen LogP contribution in [0, 0.1) is 0 Å². The average Bonchev–Trinajstić information content (AvgIpc) is 3.15. The molecule has 1 unspecified atom stereocenters. The summed E-state index contributed by atoms with van der Waals surface area (Å²) in [6, 6.07) is 2.46. The van der Waals surface area contributed by atoms with Gasteiger partial charge < -0.3 is 10.0 Å². The zero-order chi connectivity index (χ0) is 13.5. The first-order valence-corrected chi connectivity index (χ1v) is 8.40. The van der Waals surface area contributed by atoms with E-state index in [1.807, 2.05) is 0 Å². The van der Waals surface area contributed by atoms with Crippen molar-refractivity contribution in [3.05, 3.63) is 33.9 Å². The maximum Gasteiger partial charge on any atom is 0.0922 e. The molecule has 0 amide bonds. The SMILES string of the molecule is OC(CN1CCCC1)c1c2c(cc3c1CCC3)CCC2. The molecule has 0 radical (unpaired) electrons. The summed E-state index contributed by atoms with van der Waals surface area (Å²) in [4.78, 5) is 2.44. The van der Waals surface area contributed by atoms with Crippen LogP contribution in [0.3, 0.4) is 0 Å². The molecule has 1 aliphatic heterocycles. The molecule has 4 rings (SSSR count). The van der Waals surface area contributed by atoms with E-state index in [2.05, 4.69) is 11.0 Å². The Morgan fingerprint density at radius 3 is 2.10 bits per heavy atom. The number of nitrogens with zero attached hydrogens (tertiary/aromatic N) is 1. The van der Waals surface area contributed by atoms with Crippen LogP contribution < -0.4 is 0 Å². The largest absolute Gasteiger partial charge is 0.387 e. The van der Waals surface area contributed by atoms with Gasteiger partial charge in [0, 0.05) is 6.54 Å². The Kier molecular flexibility index (Phi) is 3.31. The maximum absolute atomic E-state index is 10.9. The molecule has 2 aliphatic carbocycles. The molecule has 0 bridgehead atoms. The standard InChI is InChI=1S/C18H25NO/c20-17(12-19-9-1-2-10-19)18-15-7-3-5-13(15)11-14-6-4-8-16(14)18/h11,17,20H,1-10,12H2. The number of fused-ring (bicyclic) bond motifs is 2. The number of aliphatic hydroxyl groups is 1. The van der Waals surface area contributed by atoms with Crippen LogP contribution >= 0.6 is 0 Å². The summed E-state index contributed by atoms with van der Waals surface area (Å²) < 4.78 is 0. The summed E-state index contributed by atoms with van der Waals surface area (Å²) in [6.07, 6.45) is 9.74. The van der Waals surface area contributed by atoms with E-state index in [4.69, 9.17) is 0 Å². The van der Waals surface area contributed by atoms with E-state index in [9.17, 15) is 5.11 Å². The van der Waals surface area contributed by atoms with Crippen LogP contribution in [0.25, 0.3) is 0 Å². The van der Waals surface area contributed by atoms with Crippen molar-refractivity contribution in [1.29, 1.82) is 0 Å². The Morgan fingerprint density at radius 1 is 0.900 bits per heavy atom. The van der Waals surface area contributed by atoms with Crippen LogP contribution in [0.5, 0.6) is 0 Å². The number of hydrogen-bond donors (Lipinski definition) is 1. The van der Waals surface area contributed by atoms with Crippen LogP contribution in [0.15, 0.2) is 6.07 Å². The molecule has 2 nitrogen and oxygen atoms in total. The van der Waals surface area contributed by atoms with Gasteiger partial charge >= 0.3 is 0 Å². The molecule has 2 heteroatoms. The predicted octanol–water partition coefficient (Wildman–Crippen LogP) is 2.79. The molecule has 108 valence electrons. The first kappa shape index (κ1) is 12.8. The van der Waals surface area contributed by atoms with Crippen LogP contribution in [0.1, 0.15) is 59.6 Å². The third kappa shape index (κ3) is 2.10. The predicted molar refractivity (Wildman–Crippen MR) is 81.1 cm³/mol. The number of β-amino-alcohol motifs (C(OH)–C–C–N with tert-alkyl or cyclic N) is 1. The average molecular weight is 271 g/mol. The van der Waals surface area contributed by atoms with Crippen LogP contribution in [-0.4, -0.2) is 29.6 Å². The second kappa shape index (κ2) is 5.16. The van der Waals surface area contributed by atoms with Crippen molar-refractivity contribution in [2.45, 2.75) is 57.5 Å². The molecule has 1 N–H and O–H groups in total. The lowest BCUT2D eigenvalue weighted by molar-refractivity contribution is 0.125. The molecule has 1 fully saturated rings. The molecule has 1 aromatic rings. The summed E-state index contributed by atoms with van der Waals surface area (Å²) in [5.74, 6) is 0. The van der Waals surface area contributed by atoms with Crippen molar-refractivity contribution >= 4 is 0 Å². The smallest absolute Gasteiger partial charge is 0.0922 e. The quantitative estimate of drug-likeness (QED) is 0.914. The number of hydrogen-bond acceptors (Lipinski definition) is 2. The fraction of sp³-hybridized carbons (Fsp3) is 0.667. The highest BCUT2D eigenvalue weighted by Crippen LogP contribution is 2.38. The lowest BCUT2D eigenvalue weighted by Gasteiger charge is -2.24. The van der Waals surface area contributed by atoms with Crippen LogP contribution in [-0.2, 0) is 25.7 Å². The fourth-order valence-electron chi connectivity index (χ4n) is 4.56. The van der Waals surface area contributed by atoms with Crippen molar-refractivity contribution in [2.75, 3.05) is 19.6 Å². The molecule has 1 atom stereocenters. The molecule has 0 spiro atoms. The van der Waals surface area contributed by atoms with Crippen molar-refractivity contribution < 1.29 is 5.11 Å². The molecular formula is C18H25NO. The van der Waals surface area contributed by atoms with Crippen molar-refractivity contribution in [3.63, 3.8) is 0 Å². The van der Waals surface area contributed by atoms with Gasteiger partial charge in [0.05, 0.1) is 6.10 Å². The van der Waals surface area contributed by atoms with Gasteiger partial charge in [0.15, 0.2) is 0 Å². The second-order valence-corrected chi connectivity index (χ2v) is 6.80. The number of benzene rings is 1. The summed E-state index contributed by atoms with van der Waals surface area (Å²) >= 11 is 0. The topological polar surface area (TPSA) is 23.5 Å². The Hall–Kier alpha value is -0.860. The summed E-state index contributed by atoms with van der Waals surface area (Å²) in [5.41, 5.74) is 7.45. The third-order valence-electron chi connectivity index (χ3n) is 5.48. The van der Waals surface area contributed by atoms with Crippen LogP contribution in [0.4, 0.5) is 0 Å². The van der Waals surface area contributed by atoms with E-state index < -0.39 is 0 Å². The van der Waals surface area contributed by atoms with Gasteiger partial charge in [-0.05, 0) is 92.3 Å². The number of aliphatic hydroxyl groups excluding tert-OH is 1. The van der Waals surface area contributed by atoms with E-state index in [-0.39, 0.29) is 6.10 Å². The van der Waals surface area contributed by atoms with E-state index in [0.717, 1.165) is 6.54 Å². The minimum Gasteiger partial charge on any atom is -0.387 e. The van der Waals surface area contributed by atoms with Crippen molar-refractivity contribution in [3.8, 4) is 0 Å². The number of likely N-dealkylation sites (tertiary alicyclic amines) is 1.